The first-order valence-electron chi connectivity index (χ1n) is 7.24. The van der Waals surface area contributed by atoms with Gasteiger partial charge in [-0.25, -0.2) is 0 Å². The van der Waals surface area contributed by atoms with E-state index in [0.29, 0.717) is 26.4 Å². The summed E-state index contributed by atoms with van der Waals surface area (Å²) in [5, 5.41) is 0. The number of hydrogen-bond acceptors (Lipinski definition) is 5. The van der Waals surface area contributed by atoms with Crippen LogP contribution in [-0.4, -0.2) is 50.2 Å². The van der Waals surface area contributed by atoms with Crippen LogP contribution in [0.2, 0.25) is 0 Å². The normalized spacial score (nSPS) is 36.0. The molecular formula is C14H26O5. The molecule has 0 bridgehead atoms. The molecule has 0 radical (unpaired) electrons. The zero-order valence-corrected chi connectivity index (χ0v) is 12.4. The number of epoxide rings is 2. The highest BCUT2D eigenvalue weighted by molar-refractivity contribution is 4.86. The Hall–Kier alpha value is -0.200. The van der Waals surface area contributed by atoms with E-state index in [2.05, 4.69) is 13.8 Å². The summed E-state index contributed by atoms with van der Waals surface area (Å²) in [6, 6.07) is 0. The Balaban J connectivity index is 1.66. The predicted molar refractivity (Wildman–Crippen MR) is 69.9 cm³/mol. The van der Waals surface area contributed by atoms with Gasteiger partial charge < -0.3 is 23.7 Å². The lowest BCUT2D eigenvalue weighted by atomic mass is 10.3. The van der Waals surface area contributed by atoms with Crippen molar-refractivity contribution < 1.29 is 23.7 Å². The lowest BCUT2D eigenvalue weighted by molar-refractivity contribution is -0.160. The van der Waals surface area contributed by atoms with E-state index in [1.165, 1.54) is 0 Å². The Morgan fingerprint density at radius 3 is 1.53 bits per heavy atom. The number of hydrogen-bond donors (Lipinski definition) is 0. The van der Waals surface area contributed by atoms with Crippen LogP contribution in [0.1, 0.15) is 40.5 Å². The van der Waals surface area contributed by atoms with Gasteiger partial charge in [-0.05, 0) is 26.7 Å². The molecule has 0 aromatic heterocycles. The van der Waals surface area contributed by atoms with Gasteiger partial charge in [-0.1, -0.05) is 13.8 Å². The van der Waals surface area contributed by atoms with E-state index in [0.717, 1.165) is 12.8 Å². The average Bonchev–Trinajstić information content (AvgIpc) is 3.29. The highest BCUT2D eigenvalue weighted by Gasteiger charge is 2.51. The van der Waals surface area contributed by atoms with Crippen molar-refractivity contribution in [3.8, 4) is 0 Å². The molecule has 4 atom stereocenters. The molecule has 0 N–H and O–H groups in total. The summed E-state index contributed by atoms with van der Waals surface area (Å²) < 4.78 is 28.0. The Kier molecular flexibility index (Phi) is 4.84. The van der Waals surface area contributed by atoms with Gasteiger partial charge in [0.05, 0.1) is 12.2 Å². The fourth-order valence-electron chi connectivity index (χ4n) is 1.79. The maximum atomic E-state index is 5.81. The summed E-state index contributed by atoms with van der Waals surface area (Å²) in [5.74, 6) is -1.05. The van der Waals surface area contributed by atoms with Gasteiger partial charge in [-0.3, -0.25) is 0 Å². The molecule has 19 heavy (non-hydrogen) atoms. The fourth-order valence-corrected chi connectivity index (χ4v) is 1.79. The SMILES string of the molecule is CCC(C)OC1(COCC2(OC(C)CC)CO2)CO1. The number of rotatable bonds is 10. The first-order chi connectivity index (χ1) is 9.03. The Morgan fingerprint density at radius 1 is 0.895 bits per heavy atom. The zero-order chi connectivity index (χ0) is 13.9. The van der Waals surface area contributed by atoms with Gasteiger partial charge in [0.1, 0.15) is 26.4 Å². The minimum absolute atomic E-state index is 0.189. The molecule has 4 unspecified atom stereocenters. The summed E-state index contributed by atoms with van der Waals surface area (Å²) in [6.07, 6.45) is 2.31. The van der Waals surface area contributed by atoms with Crippen LogP contribution < -0.4 is 0 Å². The third kappa shape index (κ3) is 4.39. The zero-order valence-electron chi connectivity index (χ0n) is 12.4. The van der Waals surface area contributed by atoms with Gasteiger partial charge in [-0.15, -0.1) is 0 Å². The van der Waals surface area contributed by atoms with Crippen molar-refractivity contribution in [1.82, 2.24) is 0 Å². The van der Waals surface area contributed by atoms with Crippen molar-refractivity contribution in [2.24, 2.45) is 0 Å². The van der Waals surface area contributed by atoms with E-state index in [1.54, 1.807) is 0 Å². The van der Waals surface area contributed by atoms with Crippen LogP contribution in [0, 0.1) is 0 Å². The number of ether oxygens (including phenoxy) is 5. The third-order valence-corrected chi connectivity index (χ3v) is 3.56. The van der Waals surface area contributed by atoms with Crippen LogP contribution in [0.5, 0.6) is 0 Å². The van der Waals surface area contributed by atoms with E-state index >= 15 is 0 Å². The van der Waals surface area contributed by atoms with Crippen LogP contribution in [0.3, 0.4) is 0 Å². The molecular weight excluding hydrogens is 248 g/mol. The van der Waals surface area contributed by atoms with Crippen LogP contribution in [0.15, 0.2) is 0 Å². The van der Waals surface area contributed by atoms with Gasteiger partial charge in [0.25, 0.3) is 0 Å². The second kappa shape index (κ2) is 6.06. The van der Waals surface area contributed by atoms with Crippen molar-refractivity contribution in [2.45, 2.75) is 64.3 Å². The predicted octanol–water partition coefficient (Wildman–Crippen LogP) is 2.09. The summed E-state index contributed by atoms with van der Waals surface area (Å²) >= 11 is 0. The first kappa shape index (κ1) is 15.2. The van der Waals surface area contributed by atoms with E-state index in [-0.39, 0.29) is 12.2 Å². The van der Waals surface area contributed by atoms with E-state index in [1.807, 2.05) is 13.8 Å². The monoisotopic (exact) mass is 274 g/mol. The highest BCUT2D eigenvalue weighted by atomic mass is 16.8. The Bertz CT molecular complexity index is 258. The quantitative estimate of drug-likeness (QED) is 0.571. The third-order valence-electron chi connectivity index (χ3n) is 3.56. The minimum atomic E-state index is -0.526. The van der Waals surface area contributed by atoms with Crippen molar-refractivity contribution in [2.75, 3.05) is 26.4 Å². The Morgan fingerprint density at radius 2 is 1.26 bits per heavy atom. The van der Waals surface area contributed by atoms with Gasteiger partial charge >= 0.3 is 0 Å². The lowest BCUT2D eigenvalue weighted by Gasteiger charge is -2.21. The van der Waals surface area contributed by atoms with E-state index in [9.17, 15) is 0 Å². The van der Waals surface area contributed by atoms with Crippen LogP contribution in [0.25, 0.3) is 0 Å². The van der Waals surface area contributed by atoms with Crippen LogP contribution >= 0.6 is 0 Å². The van der Waals surface area contributed by atoms with Crippen molar-refractivity contribution in [3.05, 3.63) is 0 Å². The highest BCUT2D eigenvalue weighted by Crippen LogP contribution is 2.34. The standard InChI is InChI=1S/C14H26O5/c1-5-11(3)18-13(9-16-13)7-15-8-14(10-17-14)19-12(4)6-2/h11-12H,5-10H2,1-4H3. The molecule has 0 aliphatic carbocycles. The van der Waals surface area contributed by atoms with Crippen molar-refractivity contribution in [1.29, 1.82) is 0 Å². The molecule has 0 amide bonds. The van der Waals surface area contributed by atoms with Gasteiger partial charge in [0.2, 0.25) is 11.6 Å². The van der Waals surface area contributed by atoms with Gasteiger partial charge in [-0.2, -0.15) is 0 Å². The molecule has 2 rings (SSSR count). The van der Waals surface area contributed by atoms with Crippen LogP contribution in [0.4, 0.5) is 0 Å². The fraction of sp³-hybridized carbons (Fsp3) is 1.00. The molecule has 0 spiro atoms. The maximum Gasteiger partial charge on any atom is 0.216 e. The molecule has 2 heterocycles. The van der Waals surface area contributed by atoms with Gasteiger partial charge in [0.15, 0.2) is 0 Å². The van der Waals surface area contributed by atoms with Gasteiger partial charge in [0, 0.05) is 0 Å². The second-order valence-electron chi connectivity index (χ2n) is 5.56. The molecule has 5 nitrogen and oxygen atoms in total. The Labute approximate surface area is 115 Å². The summed E-state index contributed by atoms with van der Waals surface area (Å²) in [4.78, 5) is 0. The average molecular weight is 274 g/mol. The lowest BCUT2D eigenvalue weighted by Crippen LogP contribution is -2.33. The molecule has 2 aliphatic rings. The summed E-state index contributed by atoms with van der Waals surface area (Å²) in [5.41, 5.74) is 0. The molecule has 5 heteroatoms. The molecule has 0 saturated carbocycles. The minimum Gasteiger partial charge on any atom is -0.370 e. The molecule has 2 aliphatic heterocycles. The molecule has 0 aromatic rings. The molecule has 112 valence electrons. The van der Waals surface area contributed by atoms with E-state index in [4.69, 9.17) is 23.7 Å². The van der Waals surface area contributed by atoms with Crippen molar-refractivity contribution >= 4 is 0 Å². The molecule has 2 fully saturated rings. The summed E-state index contributed by atoms with van der Waals surface area (Å²) in [6.45, 7) is 10.4. The summed E-state index contributed by atoms with van der Waals surface area (Å²) in [7, 11) is 0. The topological polar surface area (TPSA) is 52.8 Å². The smallest absolute Gasteiger partial charge is 0.216 e. The first-order valence-corrected chi connectivity index (χ1v) is 7.24. The van der Waals surface area contributed by atoms with Crippen LogP contribution in [-0.2, 0) is 23.7 Å². The maximum absolute atomic E-state index is 5.81. The van der Waals surface area contributed by atoms with Crippen molar-refractivity contribution in [3.63, 3.8) is 0 Å². The molecule has 2 saturated heterocycles. The van der Waals surface area contributed by atoms with E-state index < -0.39 is 11.6 Å². The largest absolute Gasteiger partial charge is 0.370 e. The second-order valence-corrected chi connectivity index (χ2v) is 5.56. The molecule has 0 aromatic carbocycles.